The van der Waals surface area contributed by atoms with E-state index in [2.05, 4.69) is 26.3 Å². The van der Waals surface area contributed by atoms with E-state index in [9.17, 15) is 63.0 Å². The monoisotopic (exact) mass is 1460 g/mol. The van der Waals surface area contributed by atoms with Gasteiger partial charge in [-0.25, -0.2) is 4.79 Å². The number of carbonyl (C=O) groups excluding carboxylic acids is 11. The number of nitrogens with one attached hydrogen (secondary N) is 5. The SMILES string of the molecule is C/C=C/C[C@@H](C)[C@@H](O)[C@H]1C(=O)NC(CC)C(=O)N(C)[C@H](C)C(=O)N(CC)[C@@H](C(C)C)C(=O)N[C@@H](C(C)C)C(=O)N(C)[C@@H](CC(C)C)C(=O)N[C@@H](C)C(=O)N[C@H](C)C(=O)N(C)[C@@H](CC(C)C)C(=O)N(C)[C@@H](CC(C)C)C(=O)N(C)[C@@H](C(C)C)C(=O)N1C.Cc1cn([C@@H]2CC(O)[C@H](CO)O2)c(=O)[nH]c1=O. The van der Waals surface area contributed by atoms with E-state index in [1.54, 1.807) is 82.2 Å². The fourth-order valence-corrected chi connectivity index (χ4v) is 12.9. The maximum atomic E-state index is 15.2. The number of carbonyl (C=O) groups is 11. The van der Waals surface area contributed by atoms with Crippen LogP contribution in [0.15, 0.2) is 27.9 Å². The molecule has 0 aliphatic carbocycles. The van der Waals surface area contributed by atoms with Crippen molar-refractivity contribution < 1.29 is 72.8 Å². The fraction of sp³-hybridized carbons (Fsp3) is 0.767. The van der Waals surface area contributed by atoms with Crippen LogP contribution in [-0.2, 0) is 57.5 Å². The predicted octanol–water partition coefficient (Wildman–Crippen LogP) is 2.14. The first-order chi connectivity index (χ1) is 47.7. The molecule has 3 rings (SSSR count). The molecule has 8 N–H and O–H groups in total. The number of rotatable bonds is 17. The highest BCUT2D eigenvalue weighted by Crippen LogP contribution is 2.29. The minimum atomic E-state index is -1.62. The molecule has 30 nitrogen and oxygen atoms in total. The molecule has 16 atom stereocenters. The summed E-state index contributed by atoms with van der Waals surface area (Å²) in [5.41, 5.74) is -0.643. The number of aliphatic hydroxyl groups excluding tert-OH is 3. The molecule has 2 unspecified atom stereocenters. The van der Waals surface area contributed by atoms with Crippen LogP contribution in [0.5, 0.6) is 0 Å². The molecular formula is C73H127N13O17. The van der Waals surface area contributed by atoms with Crippen molar-refractivity contribution in [2.24, 2.45) is 41.4 Å². The Kier molecular flexibility index (Phi) is 36.6. The van der Waals surface area contributed by atoms with Crippen molar-refractivity contribution in [1.82, 2.24) is 65.1 Å². The average Bonchev–Trinajstić information content (AvgIpc) is 1.67. The van der Waals surface area contributed by atoms with Crippen LogP contribution < -0.4 is 32.5 Å². The molecule has 3 heterocycles. The molecule has 0 aromatic carbocycles. The standard InChI is InChI=1S/C63H113N11O12.C10H14N2O5/c1-26-29-30-40(16)52(75)51-56(79)66-44(27-2)59(82)68(20)43(19)58(81)74(28-3)49(38(12)13)55(78)67-48(37(10)11)62(85)69(21)45(31-34(4)5)54(77)64-41(17)53(76)65-42(18)57(80)70(22)46(32-35(6)7)60(83)71(23)47(33-36(8)9)61(84)72(24)50(39(14)15)63(86)73(51)25;1-5-3-12(10(16)11-9(5)15)8-2-6(14)7(4-13)17-8/h26,29,34-52,75H,27-28,30-33H2,1-25H3,(H,64,77)(H,65,76)(H,66,79)(H,67,78);3,6-8,13-14H,2,4H2,1H3,(H,11,15,16)/b29-26+;/t40-,41+,42-,43-,44?,45+,46+,47+,48+,49+,50+,51+,52-;6?,7-,8-/m10/s1. The Morgan fingerprint density at radius 1 is 0.544 bits per heavy atom. The first kappa shape index (κ1) is 91.5. The van der Waals surface area contributed by atoms with Crippen LogP contribution in [-0.4, -0.2) is 264 Å². The molecule has 2 aliphatic rings. The average molecular weight is 1460 g/mol. The summed E-state index contributed by atoms with van der Waals surface area (Å²) in [6, 6.07) is -13.6. The zero-order valence-corrected chi connectivity index (χ0v) is 66.2. The number of amides is 11. The van der Waals surface area contributed by atoms with Crippen molar-refractivity contribution in [2.45, 2.75) is 268 Å². The van der Waals surface area contributed by atoms with Gasteiger partial charge < -0.3 is 75.6 Å². The molecule has 11 amide bonds. The fourth-order valence-electron chi connectivity index (χ4n) is 12.9. The summed E-state index contributed by atoms with van der Waals surface area (Å²) >= 11 is 0. The predicted molar refractivity (Wildman–Crippen MR) is 391 cm³/mol. The Balaban J connectivity index is 0.00000183. The topological polar surface area (TPSA) is 383 Å². The molecule has 586 valence electrons. The molecule has 1 aromatic heterocycles. The van der Waals surface area contributed by atoms with Crippen molar-refractivity contribution in [2.75, 3.05) is 55.4 Å². The molecule has 1 aromatic rings. The normalized spacial score (nSPS) is 27.8. The largest absolute Gasteiger partial charge is 0.394 e. The lowest BCUT2D eigenvalue weighted by Crippen LogP contribution is -2.64. The van der Waals surface area contributed by atoms with Gasteiger partial charge in [-0.1, -0.05) is 109 Å². The first-order valence-corrected chi connectivity index (χ1v) is 36.4. The third-order valence-electron chi connectivity index (χ3n) is 19.5. The Morgan fingerprint density at radius 2 is 1.02 bits per heavy atom. The van der Waals surface area contributed by atoms with Crippen molar-refractivity contribution in [3.05, 3.63) is 44.8 Å². The third-order valence-corrected chi connectivity index (χ3v) is 19.5. The third kappa shape index (κ3) is 24.2. The second-order valence-corrected chi connectivity index (χ2v) is 30.3. The lowest BCUT2D eigenvalue weighted by atomic mass is 9.91. The van der Waals surface area contributed by atoms with Crippen molar-refractivity contribution in [3.63, 3.8) is 0 Å². The van der Waals surface area contributed by atoms with Gasteiger partial charge in [0.1, 0.15) is 78.8 Å². The van der Waals surface area contributed by atoms with E-state index >= 15 is 9.59 Å². The van der Waals surface area contributed by atoms with E-state index in [4.69, 9.17) is 9.84 Å². The van der Waals surface area contributed by atoms with E-state index in [1.165, 1.54) is 103 Å². The Bertz CT molecular complexity index is 3200. The maximum Gasteiger partial charge on any atom is 0.330 e. The van der Waals surface area contributed by atoms with E-state index in [0.29, 0.717) is 12.0 Å². The Morgan fingerprint density at radius 3 is 1.49 bits per heavy atom. The molecule has 0 radical (unpaired) electrons. The number of likely N-dealkylation sites (N-methyl/N-ethyl adjacent to an activating group) is 7. The summed E-state index contributed by atoms with van der Waals surface area (Å²) < 4.78 is 6.54. The smallest absolute Gasteiger partial charge is 0.330 e. The van der Waals surface area contributed by atoms with Crippen molar-refractivity contribution >= 4 is 65.0 Å². The highest BCUT2D eigenvalue weighted by atomic mass is 16.5. The summed E-state index contributed by atoms with van der Waals surface area (Å²) in [5, 5.41) is 41.7. The summed E-state index contributed by atoms with van der Waals surface area (Å²) in [6.07, 6.45) is 2.29. The van der Waals surface area contributed by atoms with E-state index in [0.717, 1.165) is 4.90 Å². The lowest BCUT2D eigenvalue weighted by molar-refractivity contribution is -0.157. The Hall–Kier alpha value is -7.57. The molecule has 2 aliphatic heterocycles. The van der Waals surface area contributed by atoms with Gasteiger partial charge in [-0.2, -0.15) is 0 Å². The molecule has 0 bridgehead atoms. The van der Waals surface area contributed by atoms with Gasteiger partial charge in [0.05, 0.1) is 18.8 Å². The number of H-pyrrole nitrogens is 1. The van der Waals surface area contributed by atoms with E-state index in [1.807, 2.05) is 47.6 Å². The van der Waals surface area contributed by atoms with Crippen molar-refractivity contribution in [1.29, 1.82) is 0 Å². The van der Waals surface area contributed by atoms with Gasteiger partial charge in [-0.15, -0.1) is 0 Å². The van der Waals surface area contributed by atoms with Crippen LogP contribution >= 0.6 is 0 Å². The first-order valence-electron chi connectivity index (χ1n) is 36.4. The molecule has 0 spiro atoms. The minimum absolute atomic E-state index is 0.0109. The van der Waals surface area contributed by atoms with Gasteiger partial charge in [-0.3, -0.25) is 67.1 Å². The van der Waals surface area contributed by atoms with Gasteiger partial charge in [0.15, 0.2) is 0 Å². The molecular weight excluding hydrogens is 1330 g/mol. The minimum Gasteiger partial charge on any atom is -0.394 e. The number of hydrogen-bond acceptors (Lipinski definition) is 17. The number of ether oxygens (including phenoxy) is 1. The number of aryl methyl sites for hydroxylation is 1. The molecule has 30 heteroatoms. The molecule has 0 saturated carbocycles. The van der Waals surface area contributed by atoms with Crippen molar-refractivity contribution in [3.8, 4) is 0 Å². The number of aliphatic hydroxyl groups is 3. The van der Waals surface area contributed by atoms with Gasteiger partial charge in [0.2, 0.25) is 65.0 Å². The summed E-state index contributed by atoms with van der Waals surface area (Å²) in [7, 11) is 8.53. The number of nitrogens with zero attached hydrogens (tertiary/aromatic N) is 8. The molecule has 2 saturated heterocycles. The summed E-state index contributed by atoms with van der Waals surface area (Å²) in [4.78, 5) is 195. The van der Waals surface area contributed by atoms with Gasteiger partial charge in [0, 0.05) is 67.0 Å². The summed E-state index contributed by atoms with van der Waals surface area (Å²) in [6.45, 7) is 34.1. The van der Waals surface area contributed by atoms with Crippen LogP contribution in [0.3, 0.4) is 0 Å². The molecule has 2 fully saturated rings. The van der Waals surface area contributed by atoms with E-state index in [-0.39, 0.29) is 63.0 Å². The number of hydrogen-bond donors (Lipinski definition) is 8. The van der Waals surface area contributed by atoms with Gasteiger partial charge in [-0.05, 0) is 115 Å². The zero-order chi connectivity index (χ0) is 79.4. The van der Waals surface area contributed by atoms with Crippen LogP contribution in [0.1, 0.15) is 182 Å². The van der Waals surface area contributed by atoms with Gasteiger partial charge >= 0.3 is 5.69 Å². The molecule has 103 heavy (non-hydrogen) atoms. The lowest BCUT2D eigenvalue weighted by Gasteiger charge is -2.41. The van der Waals surface area contributed by atoms with Gasteiger partial charge in [0.25, 0.3) is 5.56 Å². The summed E-state index contributed by atoms with van der Waals surface area (Å²) in [5.74, 6) is -10.1. The maximum absolute atomic E-state index is 15.2. The second kappa shape index (κ2) is 41.2. The Labute approximate surface area is 610 Å². The number of aromatic nitrogens is 2. The second-order valence-electron chi connectivity index (χ2n) is 30.3. The van der Waals surface area contributed by atoms with Crippen LogP contribution in [0.25, 0.3) is 0 Å². The van der Waals surface area contributed by atoms with E-state index < -0.39 is 191 Å². The van der Waals surface area contributed by atoms with Crippen LogP contribution in [0, 0.1) is 48.3 Å². The number of aromatic amines is 1. The highest BCUT2D eigenvalue weighted by Gasteiger charge is 2.47. The van der Waals surface area contributed by atoms with Crippen LogP contribution in [0.2, 0.25) is 0 Å². The number of allylic oxidation sites excluding steroid dienone is 2. The van der Waals surface area contributed by atoms with Crippen LogP contribution in [0.4, 0.5) is 0 Å². The quantitative estimate of drug-likeness (QED) is 0.104. The zero-order valence-electron chi connectivity index (χ0n) is 66.2. The highest BCUT2D eigenvalue weighted by molar-refractivity contribution is 6.00.